The zero-order chi connectivity index (χ0) is 19.1. The van der Waals surface area contributed by atoms with Crippen molar-refractivity contribution >= 4 is 39.8 Å². The molecule has 2 amide bonds. The molecule has 136 valence electrons. The molecule has 0 atom stereocenters. The Morgan fingerprint density at radius 2 is 1.76 bits per heavy atom. The van der Waals surface area contributed by atoms with E-state index in [1.165, 1.54) is 0 Å². The number of carbonyl (C=O) groups excluding carboxylic acids is 3. The first-order valence-electron chi connectivity index (χ1n) is 6.78. The van der Waals surface area contributed by atoms with Crippen LogP contribution >= 0.6 is 15.9 Å². The van der Waals surface area contributed by atoms with Gasteiger partial charge in [0.1, 0.15) is 11.5 Å². The van der Waals surface area contributed by atoms with Crippen molar-refractivity contribution in [2.75, 3.05) is 19.5 Å². The van der Waals surface area contributed by atoms with Crippen LogP contribution < -0.4 is 15.4 Å². The lowest BCUT2D eigenvalue weighted by molar-refractivity contribution is -0.136. The normalized spacial score (nSPS) is 9.68. The largest absolute Gasteiger partial charge is 0.513 e. The number of allylic oxidation sites excluding steroid dienone is 1. The molecule has 8 nitrogen and oxygen atoms in total. The summed E-state index contributed by atoms with van der Waals surface area (Å²) in [6.45, 7) is 3.18. The van der Waals surface area contributed by atoms with Gasteiger partial charge in [-0.1, -0.05) is 0 Å². The Labute approximate surface area is 151 Å². The van der Waals surface area contributed by atoms with E-state index < -0.39 is 24.0 Å². The van der Waals surface area contributed by atoms with Gasteiger partial charge in [0, 0.05) is 6.07 Å². The van der Waals surface area contributed by atoms with E-state index in [2.05, 4.69) is 36.0 Å². The first-order valence-corrected chi connectivity index (χ1v) is 7.57. The van der Waals surface area contributed by atoms with Crippen LogP contribution in [0.25, 0.3) is 0 Å². The molecule has 2 N–H and O–H groups in total. The average Bonchev–Trinajstić information content (AvgIpc) is 2.55. The van der Waals surface area contributed by atoms with Crippen LogP contribution in [0.3, 0.4) is 0 Å². The maximum absolute atomic E-state index is 14.0. The number of amides is 2. The predicted molar refractivity (Wildman–Crippen MR) is 89.7 cm³/mol. The predicted octanol–water partition coefficient (Wildman–Crippen LogP) is 3.32. The van der Waals surface area contributed by atoms with Crippen molar-refractivity contribution in [3.05, 3.63) is 33.7 Å². The number of rotatable bonds is 4. The van der Waals surface area contributed by atoms with Crippen molar-refractivity contribution in [1.82, 2.24) is 5.32 Å². The van der Waals surface area contributed by atoms with Crippen LogP contribution in [0.2, 0.25) is 0 Å². The minimum atomic E-state index is -1.01. The quantitative estimate of drug-likeness (QED) is 0.441. The monoisotopic (exact) mass is 418 g/mol. The standard InChI is InChI=1S/C15H16BrFN2O6/c1-7(2)12(13(20)23-3)19-14(21)18-10-6-11(25-15(22)24-4)8(16)5-9(10)17/h5-6H,1-4H3,(H2,18,19,21). The lowest BCUT2D eigenvalue weighted by Crippen LogP contribution is -2.33. The highest BCUT2D eigenvalue weighted by Gasteiger charge is 2.18. The number of hydrogen-bond acceptors (Lipinski definition) is 6. The lowest BCUT2D eigenvalue weighted by Gasteiger charge is -2.13. The maximum atomic E-state index is 14.0. The zero-order valence-corrected chi connectivity index (χ0v) is 15.4. The number of methoxy groups -OCH3 is 2. The van der Waals surface area contributed by atoms with Crippen LogP contribution in [-0.4, -0.2) is 32.4 Å². The Kier molecular flexibility index (Phi) is 7.37. The summed E-state index contributed by atoms with van der Waals surface area (Å²) >= 11 is 3.02. The van der Waals surface area contributed by atoms with Crippen LogP contribution in [0.4, 0.5) is 19.7 Å². The molecule has 0 bridgehead atoms. The van der Waals surface area contributed by atoms with Gasteiger partial charge in [-0.25, -0.2) is 18.8 Å². The molecule has 1 aromatic rings. The molecule has 0 unspecified atom stereocenters. The molecule has 1 rings (SSSR count). The van der Waals surface area contributed by atoms with E-state index in [4.69, 9.17) is 4.74 Å². The molecule has 10 heteroatoms. The van der Waals surface area contributed by atoms with Crippen molar-refractivity contribution < 1.29 is 33.0 Å². The first-order chi connectivity index (χ1) is 11.7. The highest BCUT2D eigenvalue weighted by Crippen LogP contribution is 2.31. The number of benzene rings is 1. The van der Waals surface area contributed by atoms with Crippen molar-refractivity contribution in [3.8, 4) is 5.75 Å². The molecule has 0 aromatic heterocycles. The molecular formula is C15H16BrFN2O6. The van der Waals surface area contributed by atoms with E-state index in [1.807, 2.05) is 0 Å². The second kappa shape index (κ2) is 9.02. The minimum absolute atomic E-state index is 0.0704. The number of carbonyl (C=O) groups is 3. The van der Waals surface area contributed by atoms with Crippen molar-refractivity contribution in [3.63, 3.8) is 0 Å². The molecule has 0 radical (unpaired) electrons. The van der Waals surface area contributed by atoms with Gasteiger partial charge in [0.15, 0.2) is 5.75 Å². The van der Waals surface area contributed by atoms with E-state index in [-0.39, 0.29) is 21.6 Å². The van der Waals surface area contributed by atoms with E-state index in [1.54, 1.807) is 13.8 Å². The highest BCUT2D eigenvalue weighted by molar-refractivity contribution is 9.10. The van der Waals surface area contributed by atoms with Gasteiger partial charge in [-0.05, 0) is 41.4 Å². The van der Waals surface area contributed by atoms with Crippen molar-refractivity contribution in [2.45, 2.75) is 13.8 Å². The summed E-state index contributed by atoms with van der Waals surface area (Å²) in [4.78, 5) is 34.8. The summed E-state index contributed by atoms with van der Waals surface area (Å²) in [6.07, 6.45) is -1.01. The molecule has 0 saturated heterocycles. The Hall–Kier alpha value is -2.62. The van der Waals surface area contributed by atoms with Gasteiger partial charge in [0.25, 0.3) is 0 Å². The summed E-state index contributed by atoms with van der Waals surface area (Å²) in [5.41, 5.74) is 0.133. The van der Waals surface area contributed by atoms with Crippen LogP contribution in [0, 0.1) is 5.82 Å². The van der Waals surface area contributed by atoms with Crippen molar-refractivity contribution in [1.29, 1.82) is 0 Å². The lowest BCUT2D eigenvalue weighted by atomic mass is 10.2. The smallest absolute Gasteiger partial charge is 0.464 e. The molecule has 0 heterocycles. The van der Waals surface area contributed by atoms with Crippen molar-refractivity contribution in [2.24, 2.45) is 0 Å². The second-order valence-electron chi connectivity index (χ2n) is 4.76. The van der Waals surface area contributed by atoms with Gasteiger partial charge in [0.05, 0.1) is 24.4 Å². The van der Waals surface area contributed by atoms with Gasteiger partial charge < -0.3 is 24.8 Å². The van der Waals surface area contributed by atoms with E-state index in [9.17, 15) is 18.8 Å². The van der Waals surface area contributed by atoms with Crippen LogP contribution in [0.15, 0.2) is 27.9 Å². The maximum Gasteiger partial charge on any atom is 0.513 e. The molecule has 0 saturated carbocycles. The van der Waals surface area contributed by atoms with E-state index >= 15 is 0 Å². The summed E-state index contributed by atoms with van der Waals surface area (Å²) in [7, 11) is 2.27. The Morgan fingerprint density at radius 3 is 2.28 bits per heavy atom. The third-order valence-electron chi connectivity index (χ3n) is 2.76. The SMILES string of the molecule is COC(=O)Oc1cc(NC(=O)NC(C(=O)OC)=C(C)C)c(F)cc1Br. The Bertz CT molecular complexity index is 731. The summed E-state index contributed by atoms with van der Waals surface area (Å²) in [5.74, 6) is -1.61. The first kappa shape index (κ1) is 20.4. The highest BCUT2D eigenvalue weighted by atomic mass is 79.9. The van der Waals surface area contributed by atoms with Gasteiger partial charge in [-0.3, -0.25) is 0 Å². The average molecular weight is 419 g/mol. The number of esters is 1. The third kappa shape index (κ3) is 5.75. The van der Waals surface area contributed by atoms with E-state index in [0.717, 1.165) is 26.4 Å². The Balaban J connectivity index is 3.00. The van der Waals surface area contributed by atoms with Crippen LogP contribution in [-0.2, 0) is 14.3 Å². The van der Waals surface area contributed by atoms with Gasteiger partial charge >= 0.3 is 18.2 Å². The molecule has 1 aromatic carbocycles. The fourth-order valence-electron chi connectivity index (χ4n) is 1.58. The summed E-state index contributed by atoms with van der Waals surface area (Å²) < 4.78 is 27.8. The number of halogens is 2. The fraction of sp³-hybridized carbons (Fsp3) is 0.267. The molecular weight excluding hydrogens is 403 g/mol. The number of nitrogens with one attached hydrogen (secondary N) is 2. The molecule has 0 fully saturated rings. The molecule has 25 heavy (non-hydrogen) atoms. The summed E-state index contributed by atoms with van der Waals surface area (Å²) in [6, 6.07) is 1.19. The molecule has 0 spiro atoms. The van der Waals surface area contributed by atoms with E-state index in [0.29, 0.717) is 5.57 Å². The zero-order valence-electron chi connectivity index (χ0n) is 13.9. The molecule has 0 aliphatic heterocycles. The van der Waals surface area contributed by atoms with Crippen LogP contribution in [0.5, 0.6) is 5.75 Å². The van der Waals surface area contributed by atoms with Gasteiger partial charge in [-0.2, -0.15) is 0 Å². The number of hydrogen-bond donors (Lipinski definition) is 2. The number of urea groups is 1. The molecule has 0 aliphatic carbocycles. The third-order valence-corrected chi connectivity index (χ3v) is 3.38. The Morgan fingerprint density at radius 1 is 1.12 bits per heavy atom. The van der Waals surface area contributed by atoms with Crippen LogP contribution in [0.1, 0.15) is 13.8 Å². The second-order valence-corrected chi connectivity index (χ2v) is 5.62. The van der Waals surface area contributed by atoms with Gasteiger partial charge in [0.2, 0.25) is 0 Å². The number of ether oxygens (including phenoxy) is 3. The van der Waals surface area contributed by atoms with Gasteiger partial charge in [-0.15, -0.1) is 0 Å². The topological polar surface area (TPSA) is 103 Å². The minimum Gasteiger partial charge on any atom is -0.464 e. The molecule has 0 aliphatic rings. The summed E-state index contributed by atoms with van der Waals surface area (Å²) in [5, 5.41) is 4.49. The fourth-order valence-corrected chi connectivity index (χ4v) is 1.98. The number of anilines is 1.